The quantitative estimate of drug-likeness (QED) is 0.507. The Labute approximate surface area is 167 Å². The zero-order valence-electron chi connectivity index (χ0n) is 16.6. The Bertz CT molecular complexity index is 1140. The van der Waals surface area contributed by atoms with Crippen LogP contribution in [0.2, 0.25) is 0 Å². The molecule has 3 aromatic rings. The van der Waals surface area contributed by atoms with Gasteiger partial charge < -0.3 is 19.2 Å². The molecular weight excluding hydrogens is 374 g/mol. The molecule has 0 unspecified atom stereocenters. The van der Waals surface area contributed by atoms with Gasteiger partial charge in [0.25, 0.3) is 0 Å². The van der Waals surface area contributed by atoms with Crippen LogP contribution in [-0.2, 0) is 11.2 Å². The number of amides is 1. The standard InChI is InChI=1S/C22H21NO6/c1-12-16-9-10-18(27-3)21(28-4)20(16)29-22(26)17(12)11-19(25)23-15-7-5-14(6-8-15)13(2)24/h5-10H,11H2,1-4H3,(H,23,25). The van der Waals surface area contributed by atoms with Gasteiger partial charge in [-0.25, -0.2) is 4.79 Å². The third-order valence-electron chi connectivity index (χ3n) is 4.71. The van der Waals surface area contributed by atoms with Gasteiger partial charge in [-0.1, -0.05) is 0 Å². The summed E-state index contributed by atoms with van der Waals surface area (Å²) in [7, 11) is 2.96. The fourth-order valence-electron chi connectivity index (χ4n) is 3.12. The molecule has 1 N–H and O–H groups in total. The van der Waals surface area contributed by atoms with Crippen molar-refractivity contribution in [1.82, 2.24) is 0 Å². The number of fused-ring (bicyclic) bond motifs is 1. The monoisotopic (exact) mass is 395 g/mol. The summed E-state index contributed by atoms with van der Waals surface area (Å²) in [5.74, 6) is 0.351. The van der Waals surface area contributed by atoms with Crippen molar-refractivity contribution in [2.24, 2.45) is 0 Å². The summed E-state index contributed by atoms with van der Waals surface area (Å²) in [6.07, 6.45) is -0.146. The van der Waals surface area contributed by atoms with E-state index >= 15 is 0 Å². The second-order valence-corrected chi connectivity index (χ2v) is 6.53. The van der Waals surface area contributed by atoms with Crippen LogP contribution in [-0.4, -0.2) is 25.9 Å². The number of hydrogen-bond donors (Lipinski definition) is 1. The van der Waals surface area contributed by atoms with Crippen molar-refractivity contribution in [3.8, 4) is 11.5 Å². The van der Waals surface area contributed by atoms with Crippen LogP contribution in [0.4, 0.5) is 5.69 Å². The molecule has 1 aromatic heterocycles. The van der Waals surface area contributed by atoms with Crippen LogP contribution in [0, 0.1) is 6.92 Å². The normalized spacial score (nSPS) is 10.6. The third-order valence-corrected chi connectivity index (χ3v) is 4.71. The first kappa shape index (κ1) is 20.1. The zero-order chi connectivity index (χ0) is 21.1. The number of rotatable bonds is 6. The Hall–Kier alpha value is -3.61. The van der Waals surface area contributed by atoms with E-state index in [1.807, 2.05) is 0 Å². The molecule has 7 nitrogen and oxygen atoms in total. The Balaban J connectivity index is 1.90. The van der Waals surface area contributed by atoms with Crippen molar-refractivity contribution in [1.29, 1.82) is 0 Å². The first-order valence-corrected chi connectivity index (χ1v) is 8.93. The molecule has 0 fully saturated rings. The lowest BCUT2D eigenvalue weighted by Gasteiger charge is -2.13. The van der Waals surface area contributed by atoms with Crippen molar-refractivity contribution in [3.63, 3.8) is 0 Å². The van der Waals surface area contributed by atoms with Gasteiger partial charge in [0.15, 0.2) is 17.1 Å². The van der Waals surface area contributed by atoms with E-state index in [0.717, 1.165) is 0 Å². The van der Waals surface area contributed by atoms with Crippen molar-refractivity contribution in [2.45, 2.75) is 20.3 Å². The lowest BCUT2D eigenvalue weighted by atomic mass is 10.0. The predicted molar refractivity (Wildman–Crippen MR) is 109 cm³/mol. The number of carbonyl (C=O) groups excluding carboxylic acids is 2. The molecule has 0 radical (unpaired) electrons. The molecule has 0 atom stereocenters. The van der Waals surface area contributed by atoms with Crippen LogP contribution in [0.1, 0.15) is 28.4 Å². The second kappa shape index (κ2) is 8.18. The second-order valence-electron chi connectivity index (χ2n) is 6.53. The first-order chi connectivity index (χ1) is 13.8. The maximum absolute atomic E-state index is 12.5. The summed E-state index contributed by atoms with van der Waals surface area (Å²) in [5, 5.41) is 3.39. The number of ketones is 1. The van der Waals surface area contributed by atoms with Crippen molar-refractivity contribution >= 4 is 28.3 Å². The first-order valence-electron chi connectivity index (χ1n) is 8.93. The van der Waals surface area contributed by atoms with Gasteiger partial charge >= 0.3 is 5.63 Å². The van der Waals surface area contributed by atoms with E-state index in [1.165, 1.54) is 21.1 Å². The van der Waals surface area contributed by atoms with Crippen LogP contribution in [0.15, 0.2) is 45.6 Å². The van der Waals surface area contributed by atoms with Gasteiger partial charge in [-0.2, -0.15) is 0 Å². The van der Waals surface area contributed by atoms with E-state index in [-0.39, 0.29) is 29.3 Å². The molecular formula is C22H21NO6. The molecule has 0 aliphatic heterocycles. The number of carbonyl (C=O) groups is 2. The van der Waals surface area contributed by atoms with Crippen LogP contribution in [0.5, 0.6) is 11.5 Å². The van der Waals surface area contributed by atoms with Gasteiger partial charge in [0.1, 0.15) is 0 Å². The van der Waals surface area contributed by atoms with Gasteiger partial charge in [-0.3, -0.25) is 9.59 Å². The van der Waals surface area contributed by atoms with Crippen LogP contribution in [0.25, 0.3) is 11.0 Å². The lowest BCUT2D eigenvalue weighted by Crippen LogP contribution is -2.20. The van der Waals surface area contributed by atoms with E-state index < -0.39 is 5.63 Å². The fourth-order valence-corrected chi connectivity index (χ4v) is 3.12. The average molecular weight is 395 g/mol. The summed E-state index contributed by atoms with van der Waals surface area (Å²) in [4.78, 5) is 36.3. The Kier molecular flexibility index (Phi) is 5.68. The van der Waals surface area contributed by atoms with Gasteiger partial charge in [-0.15, -0.1) is 0 Å². The molecule has 150 valence electrons. The van der Waals surface area contributed by atoms with E-state index in [4.69, 9.17) is 13.9 Å². The molecule has 29 heavy (non-hydrogen) atoms. The lowest BCUT2D eigenvalue weighted by molar-refractivity contribution is -0.115. The fraction of sp³-hybridized carbons (Fsp3) is 0.227. The minimum Gasteiger partial charge on any atom is -0.493 e. The number of hydrogen-bond acceptors (Lipinski definition) is 6. The SMILES string of the molecule is COc1ccc2c(C)c(CC(=O)Nc3ccc(C(C)=O)cc3)c(=O)oc2c1OC. The number of methoxy groups -OCH3 is 2. The van der Waals surface area contributed by atoms with Crippen molar-refractivity contribution in [3.05, 3.63) is 63.5 Å². The maximum Gasteiger partial charge on any atom is 0.340 e. The third kappa shape index (κ3) is 3.99. The topological polar surface area (TPSA) is 94.8 Å². The van der Waals surface area contributed by atoms with Crippen molar-refractivity contribution in [2.75, 3.05) is 19.5 Å². The molecule has 0 aliphatic rings. The molecule has 0 bridgehead atoms. The molecule has 0 saturated heterocycles. The van der Waals surface area contributed by atoms with Gasteiger partial charge in [-0.05, 0) is 55.8 Å². The largest absolute Gasteiger partial charge is 0.493 e. The number of ether oxygens (including phenoxy) is 2. The van der Waals surface area contributed by atoms with E-state index in [0.29, 0.717) is 33.7 Å². The molecule has 0 spiro atoms. The maximum atomic E-state index is 12.5. The molecule has 0 aliphatic carbocycles. The Morgan fingerprint density at radius 1 is 1.03 bits per heavy atom. The molecule has 2 aromatic carbocycles. The van der Waals surface area contributed by atoms with Gasteiger partial charge in [0.2, 0.25) is 11.7 Å². The number of aryl methyl sites for hydroxylation is 1. The molecule has 0 saturated carbocycles. The highest BCUT2D eigenvalue weighted by atomic mass is 16.5. The predicted octanol–water partition coefficient (Wildman–Crippen LogP) is 3.50. The number of nitrogens with one attached hydrogen (secondary N) is 1. The smallest absolute Gasteiger partial charge is 0.340 e. The van der Waals surface area contributed by atoms with Crippen molar-refractivity contribution < 1.29 is 23.5 Å². The zero-order valence-corrected chi connectivity index (χ0v) is 16.6. The van der Waals surface area contributed by atoms with Gasteiger partial charge in [0.05, 0.1) is 26.2 Å². The molecule has 3 rings (SSSR count). The minimum absolute atomic E-state index is 0.0562. The van der Waals surface area contributed by atoms with Crippen LogP contribution < -0.4 is 20.4 Å². The highest BCUT2D eigenvalue weighted by molar-refractivity contribution is 5.96. The molecule has 1 heterocycles. The Morgan fingerprint density at radius 2 is 1.72 bits per heavy atom. The number of benzene rings is 2. The summed E-state index contributed by atoms with van der Waals surface area (Å²) < 4.78 is 16.0. The average Bonchev–Trinajstić information content (AvgIpc) is 2.70. The highest BCUT2D eigenvalue weighted by Gasteiger charge is 2.19. The summed E-state index contributed by atoms with van der Waals surface area (Å²) >= 11 is 0. The number of anilines is 1. The van der Waals surface area contributed by atoms with Gasteiger partial charge in [0, 0.05) is 16.6 Å². The summed E-state index contributed by atoms with van der Waals surface area (Å²) in [6.45, 7) is 3.23. The van der Waals surface area contributed by atoms with Crippen LogP contribution in [0.3, 0.4) is 0 Å². The summed E-state index contributed by atoms with van der Waals surface area (Å²) in [6, 6.07) is 10.0. The van der Waals surface area contributed by atoms with E-state index in [1.54, 1.807) is 43.3 Å². The van der Waals surface area contributed by atoms with E-state index in [2.05, 4.69) is 5.32 Å². The summed E-state index contributed by atoms with van der Waals surface area (Å²) in [5.41, 5.74) is 1.66. The number of Topliss-reactive ketones (excluding diaryl/α,β-unsaturated/α-hetero) is 1. The molecule has 1 amide bonds. The highest BCUT2D eigenvalue weighted by Crippen LogP contribution is 2.36. The molecule has 7 heteroatoms. The Morgan fingerprint density at radius 3 is 2.31 bits per heavy atom. The minimum atomic E-state index is -0.608. The van der Waals surface area contributed by atoms with Crippen LogP contribution >= 0.6 is 0 Å². The van der Waals surface area contributed by atoms with E-state index in [9.17, 15) is 14.4 Å².